The van der Waals surface area contributed by atoms with Crippen molar-refractivity contribution in [3.05, 3.63) is 64.5 Å². The monoisotopic (exact) mass is 418 g/mol. The predicted octanol–water partition coefficient (Wildman–Crippen LogP) is 4.29. The highest BCUT2D eigenvalue weighted by atomic mass is 16.5. The topological polar surface area (TPSA) is 52.9 Å². The number of nitrogens with zero attached hydrogens (tertiary/aromatic N) is 2. The van der Waals surface area contributed by atoms with Crippen molar-refractivity contribution in [1.82, 2.24) is 9.47 Å². The van der Waals surface area contributed by atoms with Crippen LogP contribution in [0, 0.1) is 6.92 Å². The maximum atomic E-state index is 13.2. The zero-order valence-corrected chi connectivity index (χ0v) is 18.1. The van der Waals surface area contributed by atoms with Gasteiger partial charge in [0.05, 0.1) is 5.56 Å². The lowest BCUT2D eigenvalue weighted by molar-refractivity contribution is 0.0826. The molecule has 3 heterocycles. The third-order valence-electron chi connectivity index (χ3n) is 6.04. The van der Waals surface area contributed by atoms with E-state index < -0.39 is 0 Å². The number of ketones is 1. The predicted molar refractivity (Wildman–Crippen MR) is 119 cm³/mol. The Hall–Kier alpha value is -3.09. The Balaban J connectivity index is 1.46. The lowest BCUT2D eigenvalue weighted by Crippen LogP contribution is -2.33. The highest BCUT2D eigenvalue weighted by molar-refractivity contribution is 6.15. The third-order valence-corrected chi connectivity index (χ3v) is 6.04. The molecule has 2 aromatic carbocycles. The van der Waals surface area contributed by atoms with Gasteiger partial charge in [-0.15, -0.1) is 0 Å². The average molecular weight is 418 g/mol. The molecule has 160 valence electrons. The molecule has 0 unspecified atom stereocenters. The summed E-state index contributed by atoms with van der Waals surface area (Å²) in [6.45, 7) is 4.86. The number of ether oxygens (including phenoxy) is 3. The Morgan fingerprint density at radius 2 is 2.06 bits per heavy atom. The number of hydrogen-bond acceptors (Lipinski definition) is 5. The van der Waals surface area contributed by atoms with E-state index in [-0.39, 0.29) is 5.78 Å². The van der Waals surface area contributed by atoms with E-state index in [1.807, 2.05) is 44.4 Å². The molecule has 2 aliphatic rings. The molecule has 6 nitrogen and oxygen atoms in total. The summed E-state index contributed by atoms with van der Waals surface area (Å²) in [4.78, 5) is 15.4. The molecular formula is C25H26N2O4. The van der Waals surface area contributed by atoms with Crippen molar-refractivity contribution in [3.63, 3.8) is 0 Å². The molecule has 0 aliphatic carbocycles. The summed E-state index contributed by atoms with van der Waals surface area (Å²) in [5.41, 5.74) is 4.62. The number of Topliss-reactive ketones (excluding diaryl/α,β-unsaturated/α-hetero) is 1. The van der Waals surface area contributed by atoms with Gasteiger partial charge in [-0.2, -0.15) is 0 Å². The molecule has 0 bridgehead atoms. The summed E-state index contributed by atoms with van der Waals surface area (Å²) in [6.07, 6.45) is 4.82. The number of benzene rings is 2. The van der Waals surface area contributed by atoms with Gasteiger partial charge in [-0.1, -0.05) is 18.2 Å². The second-order valence-corrected chi connectivity index (χ2v) is 8.19. The number of hydrogen-bond donors (Lipinski definition) is 0. The maximum absolute atomic E-state index is 13.2. The third kappa shape index (κ3) is 3.42. The molecule has 2 aliphatic heterocycles. The van der Waals surface area contributed by atoms with Crippen molar-refractivity contribution in [2.45, 2.75) is 19.9 Å². The number of methoxy groups -OCH3 is 1. The molecular weight excluding hydrogens is 392 g/mol. The van der Waals surface area contributed by atoms with Crippen molar-refractivity contribution < 1.29 is 19.0 Å². The quantitative estimate of drug-likeness (QED) is 0.457. The molecule has 6 heteroatoms. The molecule has 0 saturated carbocycles. The van der Waals surface area contributed by atoms with Gasteiger partial charge in [0.15, 0.2) is 5.76 Å². The fraction of sp³-hybridized carbons (Fsp3) is 0.320. The Bertz CT molecular complexity index is 1210. The fourth-order valence-corrected chi connectivity index (χ4v) is 4.50. The van der Waals surface area contributed by atoms with Gasteiger partial charge in [-0.05, 0) is 31.6 Å². The van der Waals surface area contributed by atoms with Gasteiger partial charge in [0.2, 0.25) is 5.78 Å². The molecule has 0 N–H and O–H groups in total. The number of aryl methyl sites for hydroxylation is 1. The SMILES string of the molecule is COCCCN1COc2c(cc3c(c2C)O/C(=C\c2cn(C)c4ccccc24)C3=O)C1. The molecule has 0 spiro atoms. The van der Waals surface area contributed by atoms with Gasteiger partial charge in [0, 0.05) is 67.6 Å². The van der Waals surface area contributed by atoms with Crippen LogP contribution in [0.25, 0.3) is 17.0 Å². The Labute approximate surface area is 181 Å². The molecule has 5 rings (SSSR count). The van der Waals surface area contributed by atoms with E-state index in [9.17, 15) is 4.79 Å². The molecule has 0 fully saturated rings. The molecule has 0 atom stereocenters. The zero-order valence-electron chi connectivity index (χ0n) is 18.1. The largest absolute Gasteiger partial charge is 0.477 e. The van der Waals surface area contributed by atoms with Crippen LogP contribution in [0.1, 0.15) is 33.5 Å². The molecule has 0 amide bonds. The number of carbonyl (C=O) groups is 1. The minimum Gasteiger partial charge on any atom is -0.477 e. The van der Waals surface area contributed by atoms with Crippen LogP contribution >= 0.6 is 0 Å². The van der Waals surface area contributed by atoms with Gasteiger partial charge < -0.3 is 18.8 Å². The Kier molecular flexibility index (Phi) is 5.04. The second kappa shape index (κ2) is 7.87. The van der Waals surface area contributed by atoms with Crippen molar-refractivity contribution in [1.29, 1.82) is 0 Å². The van der Waals surface area contributed by atoms with E-state index >= 15 is 0 Å². The molecule has 0 radical (unpaired) electrons. The number of para-hydroxylation sites is 1. The number of carbonyl (C=O) groups excluding carboxylic acids is 1. The van der Waals surface area contributed by atoms with E-state index in [0.717, 1.165) is 59.5 Å². The minimum absolute atomic E-state index is 0.0784. The van der Waals surface area contributed by atoms with Gasteiger partial charge in [-0.3, -0.25) is 9.69 Å². The van der Waals surface area contributed by atoms with Gasteiger partial charge in [-0.25, -0.2) is 0 Å². The molecule has 0 saturated heterocycles. The summed E-state index contributed by atoms with van der Waals surface area (Å²) < 4.78 is 19.3. The molecule has 1 aromatic heterocycles. The van der Waals surface area contributed by atoms with Crippen molar-refractivity contribution in [3.8, 4) is 11.5 Å². The highest BCUT2D eigenvalue weighted by Crippen LogP contribution is 2.43. The summed E-state index contributed by atoms with van der Waals surface area (Å²) in [7, 11) is 3.72. The van der Waals surface area contributed by atoms with Gasteiger partial charge in [0.25, 0.3) is 0 Å². The summed E-state index contributed by atoms with van der Waals surface area (Å²) >= 11 is 0. The van der Waals surface area contributed by atoms with Gasteiger partial charge >= 0.3 is 0 Å². The first-order chi connectivity index (χ1) is 15.1. The minimum atomic E-state index is -0.0784. The first-order valence-electron chi connectivity index (χ1n) is 10.6. The van der Waals surface area contributed by atoms with E-state index in [4.69, 9.17) is 14.2 Å². The Morgan fingerprint density at radius 1 is 1.23 bits per heavy atom. The number of rotatable bonds is 5. The molecule has 31 heavy (non-hydrogen) atoms. The first kappa shape index (κ1) is 19.8. The van der Waals surface area contributed by atoms with Crippen molar-refractivity contribution in [2.75, 3.05) is 27.0 Å². The number of allylic oxidation sites excluding steroid dienone is 1. The maximum Gasteiger partial charge on any atom is 0.231 e. The van der Waals surface area contributed by atoms with Crippen LogP contribution in [-0.2, 0) is 18.3 Å². The Morgan fingerprint density at radius 3 is 2.90 bits per heavy atom. The zero-order chi connectivity index (χ0) is 21.5. The summed E-state index contributed by atoms with van der Waals surface area (Å²) in [5, 5.41) is 1.09. The molecule has 3 aromatic rings. The van der Waals surface area contributed by atoms with Crippen LogP contribution in [0.5, 0.6) is 11.5 Å². The fourth-order valence-electron chi connectivity index (χ4n) is 4.50. The lowest BCUT2D eigenvalue weighted by Gasteiger charge is -2.30. The van der Waals surface area contributed by atoms with Crippen molar-refractivity contribution >= 4 is 22.8 Å². The van der Waals surface area contributed by atoms with Crippen LogP contribution in [-0.4, -0.2) is 42.2 Å². The van der Waals surface area contributed by atoms with Crippen LogP contribution in [0.15, 0.2) is 42.3 Å². The van der Waals surface area contributed by atoms with Crippen LogP contribution < -0.4 is 9.47 Å². The average Bonchev–Trinajstić information content (AvgIpc) is 3.26. The van der Waals surface area contributed by atoms with Crippen molar-refractivity contribution in [2.24, 2.45) is 7.05 Å². The van der Waals surface area contributed by atoms with Crippen LogP contribution in [0.3, 0.4) is 0 Å². The van der Waals surface area contributed by atoms with E-state index in [0.29, 0.717) is 23.8 Å². The van der Waals surface area contributed by atoms with E-state index in [1.165, 1.54) is 0 Å². The summed E-state index contributed by atoms with van der Waals surface area (Å²) in [6, 6.07) is 10.1. The lowest BCUT2D eigenvalue weighted by atomic mass is 10.00. The normalized spacial score (nSPS) is 17.0. The van der Waals surface area contributed by atoms with Gasteiger partial charge in [0.1, 0.15) is 18.2 Å². The summed E-state index contributed by atoms with van der Waals surface area (Å²) in [5.74, 6) is 1.73. The highest BCUT2D eigenvalue weighted by Gasteiger charge is 2.33. The van der Waals surface area contributed by atoms with E-state index in [1.54, 1.807) is 7.11 Å². The van der Waals surface area contributed by atoms with Crippen LogP contribution in [0.4, 0.5) is 0 Å². The number of aromatic nitrogens is 1. The van der Waals surface area contributed by atoms with Crippen LogP contribution in [0.2, 0.25) is 0 Å². The van der Waals surface area contributed by atoms with E-state index in [2.05, 4.69) is 21.6 Å². The first-order valence-corrected chi connectivity index (χ1v) is 10.6. The number of fused-ring (bicyclic) bond motifs is 3. The standard InChI is InChI=1S/C25H26N2O4/c1-16-24-18(14-27(15-30-24)9-6-10-29-3)11-20-23(28)22(31-25(16)20)12-17-13-26(2)21-8-5-4-7-19(17)21/h4-5,7-8,11-13H,6,9-10,14-15H2,1-3H3/b22-12-. The second-order valence-electron chi connectivity index (χ2n) is 8.19. The smallest absolute Gasteiger partial charge is 0.231 e.